The molecule has 0 saturated heterocycles. The molecule has 0 aliphatic rings. The van der Waals surface area contributed by atoms with Gasteiger partial charge in [-0.3, -0.25) is 4.79 Å². The number of esters is 1. The van der Waals surface area contributed by atoms with Gasteiger partial charge in [-0.2, -0.15) is 0 Å². The molecule has 1 heterocycles. The van der Waals surface area contributed by atoms with Crippen molar-refractivity contribution in [3.05, 3.63) is 53.2 Å². The van der Waals surface area contributed by atoms with Crippen LogP contribution in [0.25, 0.3) is 11.0 Å². The van der Waals surface area contributed by atoms with Crippen LogP contribution < -0.4 is 9.47 Å². The maximum absolute atomic E-state index is 11.7. The SMILES string of the molecule is CCOC(=O)CCc1nc2cc(Cl)ccc2nc1Oc1cccc(OC)c1. The first-order valence-electron chi connectivity index (χ1n) is 8.52. The Balaban J connectivity index is 1.95. The molecule has 1 aromatic heterocycles. The molecule has 3 rings (SSSR count). The summed E-state index contributed by atoms with van der Waals surface area (Å²) in [6.45, 7) is 2.11. The van der Waals surface area contributed by atoms with Crippen LogP contribution in [-0.4, -0.2) is 29.7 Å². The number of halogens is 1. The summed E-state index contributed by atoms with van der Waals surface area (Å²) in [7, 11) is 1.59. The number of methoxy groups -OCH3 is 1. The molecule has 0 aliphatic carbocycles. The van der Waals surface area contributed by atoms with Crippen molar-refractivity contribution in [3.63, 3.8) is 0 Å². The summed E-state index contributed by atoms with van der Waals surface area (Å²) < 4.78 is 16.2. The topological polar surface area (TPSA) is 70.5 Å². The number of ether oxygens (including phenoxy) is 3. The molecule has 0 aliphatic heterocycles. The van der Waals surface area contributed by atoms with Crippen molar-refractivity contribution >= 4 is 28.6 Å². The van der Waals surface area contributed by atoms with Crippen LogP contribution in [0.2, 0.25) is 5.02 Å². The van der Waals surface area contributed by atoms with Crippen molar-refractivity contribution in [2.45, 2.75) is 19.8 Å². The summed E-state index contributed by atoms with van der Waals surface area (Å²) in [5.74, 6) is 1.27. The van der Waals surface area contributed by atoms with E-state index in [1.165, 1.54) is 0 Å². The van der Waals surface area contributed by atoms with Crippen LogP contribution >= 0.6 is 11.6 Å². The quantitative estimate of drug-likeness (QED) is 0.553. The highest BCUT2D eigenvalue weighted by Gasteiger charge is 2.14. The fourth-order valence-corrected chi connectivity index (χ4v) is 2.69. The van der Waals surface area contributed by atoms with Gasteiger partial charge in [-0.05, 0) is 37.3 Å². The van der Waals surface area contributed by atoms with E-state index < -0.39 is 0 Å². The van der Waals surface area contributed by atoms with Gasteiger partial charge in [0.1, 0.15) is 17.2 Å². The van der Waals surface area contributed by atoms with E-state index in [0.29, 0.717) is 52.2 Å². The number of aryl methyl sites for hydroxylation is 1. The van der Waals surface area contributed by atoms with Crippen LogP contribution in [0, 0.1) is 0 Å². The van der Waals surface area contributed by atoms with E-state index in [-0.39, 0.29) is 12.4 Å². The summed E-state index contributed by atoms with van der Waals surface area (Å²) in [6.07, 6.45) is 0.524. The summed E-state index contributed by atoms with van der Waals surface area (Å²) in [5.41, 5.74) is 1.84. The Kier molecular flexibility index (Phi) is 6.08. The summed E-state index contributed by atoms with van der Waals surface area (Å²) >= 11 is 6.06. The van der Waals surface area contributed by atoms with Crippen LogP contribution in [0.4, 0.5) is 0 Å². The van der Waals surface area contributed by atoms with Crippen molar-refractivity contribution in [2.75, 3.05) is 13.7 Å². The van der Waals surface area contributed by atoms with E-state index >= 15 is 0 Å². The van der Waals surface area contributed by atoms with Gasteiger partial charge in [0.2, 0.25) is 5.88 Å². The zero-order valence-electron chi connectivity index (χ0n) is 15.1. The Morgan fingerprint density at radius 2 is 1.89 bits per heavy atom. The summed E-state index contributed by atoms with van der Waals surface area (Å²) in [5, 5.41) is 0.564. The van der Waals surface area contributed by atoms with E-state index in [0.717, 1.165) is 0 Å². The van der Waals surface area contributed by atoms with Crippen LogP contribution in [0.15, 0.2) is 42.5 Å². The lowest BCUT2D eigenvalue weighted by molar-refractivity contribution is -0.143. The lowest BCUT2D eigenvalue weighted by Gasteiger charge is -2.12. The number of carbonyl (C=O) groups excluding carboxylic acids is 1. The number of carbonyl (C=O) groups is 1. The zero-order valence-corrected chi connectivity index (χ0v) is 15.8. The molecular weight excluding hydrogens is 368 g/mol. The molecule has 0 atom stereocenters. The number of hydrogen-bond acceptors (Lipinski definition) is 6. The van der Waals surface area contributed by atoms with E-state index in [1.54, 1.807) is 44.4 Å². The van der Waals surface area contributed by atoms with Crippen LogP contribution in [-0.2, 0) is 16.0 Å². The number of rotatable bonds is 7. The Labute approximate surface area is 162 Å². The highest BCUT2D eigenvalue weighted by Crippen LogP contribution is 2.28. The van der Waals surface area contributed by atoms with E-state index in [2.05, 4.69) is 9.97 Å². The van der Waals surface area contributed by atoms with Gasteiger partial charge in [0.05, 0.1) is 31.2 Å². The highest BCUT2D eigenvalue weighted by atomic mass is 35.5. The van der Waals surface area contributed by atoms with Gasteiger partial charge in [0.15, 0.2) is 0 Å². The molecule has 0 spiro atoms. The molecule has 0 N–H and O–H groups in total. The van der Waals surface area contributed by atoms with Gasteiger partial charge >= 0.3 is 5.97 Å². The monoisotopic (exact) mass is 386 g/mol. The number of aromatic nitrogens is 2. The summed E-state index contributed by atoms with van der Waals surface area (Å²) in [4.78, 5) is 20.9. The molecule has 0 radical (unpaired) electrons. The number of benzene rings is 2. The molecule has 27 heavy (non-hydrogen) atoms. The summed E-state index contributed by atoms with van der Waals surface area (Å²) in [6, 6.07) is 12.4. The molecule has 0 bridgehead atoms. The van der Waals surface area contributed by atoms with Crippen molar-refractivity contribution < 1.29 is 19.0 Å². The van der Waals surface area contributed by atoms with Crippen molar-refractivity contribution in [1.82, 2.24) is 9.97 Å². The van der Waals surface area contributed by atoms with E-state index in [1.807, 2.05) is 12.1 Å². The number of fused-ring (bicyclic) bond motifs is 1. The molecule has 6 nitrogen and oxygen atoms in total. The minimum atomic E-state index is -0.294. The first-order chi connectivity index (χ1) is 13.1. The Morgan fingerprint density at radius 3 is 2.67 bits per heavy atom. The normalized spacial score (nSPS) is 10.6. The van der Waals surface area contributed by atoms with Gasteiger partial charge in [-0.15, -0.1) is 0 Å². The third kappa shape index (κ3) is 4.86. The highest BCUT2D eigenvalue weighted by molar-refractivity contribution is 6.31. The molecule has 2 aromatic carbocycles. The second-order valence-electron chi connectivity index (χ2n) is 5.69. The van der Waals surface area contributed by atoms with E-state index in [4.69, 9.17) is 25.8 Å². The third-order valence-electron chi connectivity index (χ3n) is 3.79. The number of hydrogen-bond donors (Lipinski definition) is 0. The molecule has 7 heteroatoms. The van der Waals surface area contributed by atoms with Crippen molar-refractivity contribution in [1.29, 1.82) is 0 Å². The predicted molar refractivity (Wildman–Crippen MR) is 103 cm³/mol. The predicted octanol–water partition coefficient (Wildman–Crippen LogP) is 4.58. The van der Waals surface area contributed by atoms with Crippen molar-refractivity contribution in [3.8, 4) is 17.4 Å². The van der Waals surface area contributed by atoms with E-state index in [9.17, 15) is 4.79 Å². The minimum Gasteiger partial charge on any atom is -0.497 e. The molecule has 0 unspecified atom stereocenters. The maximum atomic E-state index is 11.7. The third-order valence-corrected chi connectivity index (χ3v) is 4.02. The standard InChI is InChI=1S/C20H19ClN2O4/c1-3-26-19(24)10-9-17-20(27-15-6-4-5-14(12-15)25-2)23-16-8-7-13(21)11-18(16)22-17/h4-8,11-12H,3,9-10H2,1-2H3. The van der Waals surface area contributed by atoms with Gasteiger partial charge in [-0.1, -0.05) is 17.7 Å². The van der Waals surface area contributed by atoms with Crippen LogP contribution in [0.3, 0.4) is 0 Å². The second-order valence-corrected chi connectivity index (χ2v) is 6.13. The van der Waals surface area contributed by atoms with Crippen LogP contribution in [0.5, 0.6) is 17.4 Å². The van der Waals surface area contributed by atoms with Gasteiger partial charge < -0.3 is 14.2 Å². The molecular formula is C20H19ClN2O4. The van der Waals surface area contributed by atoms with Crippen molar-refractivity contribution in [2.24, 2.45) is 0 Å². The Hall–Kier alpha value is -2.86. The average Bonchev–Trinajstić information content (AvgIpc) is 2.67. The first kappa shape index (κ1) is 18.9. The fourth-order valence-electron chi connectivity index (χ4n) is 2.52. The second kappa shape index (κ2) is 8.68. The lowest BCUT2D eigenvalue weighted by Crippen LogP contribution is -2.07. The van der Waals surface area contributed by atoms with Crippen LogP contribution in [0.1, 0.15) is 19.0 Å². The fraction of sp³-hybridized carbons (Fsp3) is 0.250. The Bertz CT molecular complexity index is 962. The zero-order chi connectivity index (χ0) is 19.2. The molecule has 3 aromatic rings. The minimum absolute atomic E-state index is 0.184. The largest absolute Gasteiger partial charge is 0.497 e. The number of nitrogens with zero attached hydrogens (tertiary/aromatic N) is 2. The molecule has 0 saturated carbocycles. The van der Waals surface area contributed by atoms with Gasteiger partial charge in [-0.25, -0.2) is 9.97 Å². The lowest BCUT2D eigenvalue weighted by atomic mass is 10.2. The maximum Gasteiger partial charge on any atom is 0.306 e. The molecule has 0 fully saturated rings. The van der Waals surface area contributed by atoms with Gasteiger partial charge in [0.25, 0.3) is 0 Å². The first-order valence-corrected chi connectivity index (χ1v) is 8.90. The molecule has 0 amide bonds. The Morgan fingerprint density at radius 1 is 1.07 bits per heavy atom. The smallest absolute Gasteiger partial charge is 0.306 e. The average molecular weight is 387 g/mol. The molecule has 140 valence electrons. The van der Waals surface area contributed by atoms with Gasteiger partial charge in [0, 0.05) is 17.5 Å².